The van der Waals surface area contributed by atoms with Crippen molar-refractivity contribution in [3.05, 3.63) is 28.0 Å². The zero-order valence-electron chi connectivity index (χ0n) is 15.9. The van der Waals surface area contributed by atoms with Crippen molar-refractivity contribution >= 4 is 18.0 Å². The molecule has 1 aromatic heterocycles. The van der Waals surface area contributed by atoms with Crippen LogP contribution >= 0.6 is 11.6 Å². The van der Waals surface area contributed by atoms with E-state index in [1.54, 1.807) is 0 Å². The van der Waals surface area contributed by atoms with Crippen LogP contribution in [-0.2, 0) is 11.3 Å². The van der Waals surface area contributed by atoms with Gasteiger partial charge in [0.1, 0.15) is 5.15 Å². The Balaban J connectivity index is 0.000000501. The predicted octanol–water partition coefficient (Wildman–Crippen LogP) is 4.72. The van der Waals surface area contributed by atoms with Crippen LogP contribution in [0.4, 0.5) is 0 Å². The van der Waals surface area contributed by atoms with Gasteiger partial charge in [-0.1, -0.05) is 45.2 Å². The summed E-state index contributed by atoms with van der Waals surface area (Å²) in [5.41, 5.74) is 8.80. The van der Waals surface area contributed by atoms with Gasteiger partial charge in [-0.05, 0) is 50.3 Å². The first-order valence-corrected chi connectivity index (χ1v) is 9.45. The highest BCUT2D eigenvalue weighted by atomic mass is 35.5. The molecule has 1 aliphatic carbocycles. The number of carbonyl (C=O) groups is 1. The van der Waals surface area contributed by atoms with E-state index in [-0.39, 0.29) is 0 Å². The van der Waals surface area contributed by atoms with Crippen molar-refractivity contribution in [3.8, 4) is 0 Å². The third-order valence-electron chi connectivity index (χ3n) is 3.74. The molecule has 5 heteroatoms. The van der Waals surface area contributed by atoms with Crippen LogP contribution in [0.25, 0.3) is 0 Å². The lowest BCUT2D eigenvalue weighted by molar-refractivity contribution is -0.109. The van der Waals surface area contributed by atoms with Crippen molar-refractivity contribution < 1.29 is 4.79 Å². The smallest absolute Gasteiger partial charge is 0.207 e. The second kappa shape index (κ2) is 13.2. The Hall–Kier alpha value is -1.13. The lowest BCUT2D eigenvalue weighted by Crippen LogP contribution is -2.13. The molecule has 24 heavy (non-hydrogen) atoms. The van der Waals surface area contributed by atoms with Crippen molar-refractivity contribution in [3.63, 3.8) is 0 Å². The third kappa shape index (κ3) is 9.24. The maximum atomic E-state index is 10.2. The molecule has 2 rings (SSSR count). The van der Waals surface area contributed by atoms with Gasteiger partial charge in [-0.15, -0.1) is 0 Å². The number of rotatable bonds is 7. The fourth-order valence-electron chi connectivity index (χ4n) is 2.26. The number of amides is 1. The molecule has 1 fully saturated rings. The summed E-state index contributed by atoms with van der Waals surface area (Å²) in [7, 11) is 0. The molecule has 0 radical (unpaired) electrons. The Kier molecular flexibility index (Phi) is 12.6. The molecule has 4 nitrogen and oxygen atoms in total. The summed E-state index contributed by atoms with van der Waals surface area (Å²) < 4.78 is 0. The molecule has 0 saturated heterocycles. The largest absolute Gasteiger partial charge is 0.355 e. The molecular weight excluding hydrogens is 322 g/mol. The molecule has 1 unspecified atom stereocenters. The van der Waals surface area contributed by atoms with E-state index in [1.165, 1.54) is 32.1 Å². The zero-order valence-corrected chi connectivity index (χ0v) is 16.6. The number of hydrogen-bond acceptors (Lipinski definition) is 3. The fraction of sp³-hybridized carbons (Fsp3) is 0.684. The molecule has 138 valence electrons. The highest BCUT2D eigenvalue weighted by molar-refractivity contribution is 6.29. The Morgan fingerprint density at radius 2 is 2.08 bits per heavy atom. The van der Waals surface area contributed by atoms with E-state index in [0.29, 0.717) is 30.1 Å². The quantitative estimate of drug-likeness (QED) is 0.549. The molecule has 3 N–H and O–H groups in total. The van der Waals surface area contributed by atoms with E-state index in [1.807, 2.05) is 26.8 Å². The van der Waals surface area contributed by atoms with Crippen LogP contribution < -0.4 is 11.1 Å². The lowest BCUT2D eigenvalue weighted by atomic mass is 10.1. The number of halogens is 1. The number of nitrogens with one attached hydrogen (secondary N) is 1. The topological polar surface area (TPSA) is 68.0 Å². The highest BCUT2D eigenvalue weighted by Crippen LogP contribution is 2.41. The van der Waals surface area contributed by atoms with Gasteiger partial charge in [0.05, 0.1) is 0 Å². The van der Waals surface area contributed by atoms with E-state index in [9.17, 15) is 4.79 Å². The molecule has 1 heterocycles. The lowest BCUT2D eigenvalue weighted by Gasteiger charge is -2.10. The molecule has 0 aliphatic heterocycles. The fourth-order valence-corrected chi connectivity index (χ4v) is 2.49. The average Bonchev–Trinajstić information content (AvgIpc) is 3.40. The SMILES string of the molecule is CC.CCCCC(C)N.Cc1c(CNC=O)cc(Cl)nc1C1CC1. The van der Waals surface area contributed by atoms with Crippen molar-refractivity contribution in [2.75, 3.05) is 0 Å². The number of carbonyl (C=O) groups excluding carboxylic acids is 1. The van der Waals surface area contributed by atoms with E-state index in [2.05, 4.69) is 24.1 Å². The summed E-state index contributed by atoms with van der Waals surface area (Å²) in [5, 5.41) is 3.17. The molecule has 0 spiro atoms. The molecule has 1 amide bonds. The van der Waals surface area contributed by atoms with Crippen LogP contribution in [0.2, 0.25) is 5.15 Å². The van der Waals surface area contributed by atoms with Crippen molar-refractivity contribution in [1.82, 2.24) is 10.3 Å². The van der Waals surface area contributed by atoms with Gasteiger partial charge in [0.2, 0.25) is 6.41 Å². The van der Waals surface area contributed by atoms with Gasteiger partial charge >= 0.3 is 0 Å². The second-order valence-electron chi connectivity index (χ2n) is 6.01. The summed E-state index contributed by atoms with van der Waals surface area (Å²) in [4.78, 5) is 14.6. The van der Waals surface area contributed by atoms with Gasteiger partial charge in [-0.25, -0.2) is 4.98 Å². The number of pyridine rings is 1. The number of aromatic nitrogens is 1. The van der Waals surface area contributed by atoms with Crippen molar-refractivity contribution in [1.29, 1.82) is 0 Å². The Morgan fingerprint density at radius 3 is 2.50 bits per heavy atom. The predicted molar refractivity (Wildman–Crippen MR) is 103 cm³/mol. The summed E-state index contributed by atoms with van der Waals surface area (Å²) >= 11 is 5.95. The highest BCUT2D eigenvalue weighted by Gasteiger charge is 2.27. The second-order valence-corrected chi connectivity index (χ2v) is 6.39. The molecule has 1 saturated carbocycles. The molecular formula is C19H34ClN3O. The van der Waals surface area contributed by atoms with Crippen molar-refractivity contribution in [2.24, 2.45) is 5.73 Å². The molecule has 1 aliphatic rings. The van der Waals surface area contributed by atoms with Crippen molar-refractivity contribution in [2.45, 2.75) is 85.2 Å². The number of nitrogens with zero attached hydrogens (tertiary/aromatic N) is 1. The van der Waals surface area contributed by atoms with Gasteiger partial charge in [0, 0.05) is 24.2 Å². The maximum Gasteiger partial charge on any atom is 0.207 e. The maximum absolute atomic E-state index is 10.2. The van der Waals surface area contributed by atoms with Gasteiger partial charge in [-0.3, -0.25) is 4.79 Å². The first-order chi connectivity index (χ1) is 11.5. The van der Waals surface area contributed by atoms with Crippen LogP contribution in [0.3, 0.4) is 0 Å². The Morgan fingerprint density at radius 1 is 1.46 bits per heavy atom. The number of hydrogen-bond donors (Lipinski definition) is 2. The molecule has 0 aromatic carbocycles. The minimum Gasteiger partial charge on any atom is -0.355 e. The Bertz CT molecular complexity index is 474. The van der Waals surface area contributed by atoms with E-state index < -0.39 is 0 Å². The molecule has 0 bridgehead atoms. The zero-order chi connectivity index (χ0) is 18.5. The van der Waals surface area contributed by atoms with Gasteiger partial charge in [-0.2, -0.15) is 0 Å². The van der Waals surface area contributed by atoms with Gasteiger partial charge in [0.15, 0.2) is 0 Å². The number of nitrogens with two attached hydrogens (primary N) is 1. The summed E-state index contributed by atoms with van der Waals surface area (Å²) in [6.07, 6.45) is 6.82. The van der Waals surface area contributed by atoms with Crippen LogP contribution in [0, 0.1) is 6.92 Å². The average molecular weight is 356 g/mol. The van der Waals surface area contributed by atoms with E-state index in [0.717, 1.165) is 16.8 Å². The minimum absolute atomic E-state index is 0.403. The normalized spacial score (nSPS) is 13.8. The standard InChI is InChI=1S/C11H13ClN2O.C6H15N.C2H6/c1-7-9(5-13-6-15)4-10(12)14-11(7)8-2-3-8;1-3-4-5-6(2)7;1-2/h4,6,8H,2-3,5H2,1H3,(H,13,15);6H,3-5,7H2,1-2H3;1-2H3. The van der Waals surface area contributed by atoms with Crippen LogP contribution in [0.1, 0.15) is 82.5 Å². The molecule has 1 aromatic rings. The summed E-state index contributed by atoms with van der Waals surface area (Å²) in [5.74, 6) is 0.582. The van der Waals surface area contributed by atoms with E-state index in [4.69, 9.17) is 17.3 Å². The van der Waals surface area contributed by atoms with Gasteiger partial charge < -0.3 is 11.1 Å². The minimum atomic E-state index is 0.403. The number of unbranched alkanes of at least 4 members (excludes halogenated alkanes) is 1. The van der Waals surface area contributed by atoms with Gasteiger partial charge in [0.25, 0.3) is 0 Å². The molecule has 1 atom stereocenters. The summed E-state index contributed by atoms with van der Waals surface area (Å²) in [6.45, 7) is 10.8. The van der Waals surface area contributed by atoms with E-state index >= 15 is 0 Å². The van der Waals surface area contributed by atoms with Crippen LogP contribution in [-0.4, -0.2) is 17.4 Å². The van der Waals surface area contributed by atoms with Crippen LogP contribution in [0.5, 0.6) is 0 Å². The Labute approximate surface area is 152 Å². The first kappa shape index (κ1) is 22.9. The first-order valence-electron chi connectivity index (χ1n) is 9.08. The monoisotopic (exact) mass is 355 g/mol. The third-order valence-corrected chi connectivity index (χ3v) is 3.93. The summed E-state index contributed by atoms with van der Waals surface area (Å²) in [6, 6.07) is 2.22. The van der Waals surface area contributed by atoms with Crippen LogP contribution in [0.15, 0.2) is 6.07 Å².